The van der Waals surface area contributed by atoms with Gasteiger partial charge >= 0.3 is 0 Å². The number of ether oxygens (including phenoxy) is 1. The summed E-state index contributed by atoms with van der Waals surface area (Å²) in [6, 6.07) is 8.02. The van der Waals surface area contributed by atoms with Crippen molar-refractivity contribution in [2.45, 2.75) is 20.0 Å². The lowest BCUT2D eigenvalue weighted by Gasteiger charge is -2.14. The van der Waals surface area contributed by atoms with Gasteiger partial charge in [-0.05, 0) is 13.0 Å². The number of rotatable bonds is 7. The van der Waals surface area contributed by atoms with Crippen LogP contribution >= 0.6 is 35.3 Å². The molecule has 0 amide bonds. The summed E-state index contributed by atoms with van der Waals surface area (Å²) in [5.41, 5.74) is 2.10. The van der Waals surface area contributed by atoms with E-state index in [9.17, 15) is 0 Å². The molecule has 138 valence electrons. The van der Waals surface area contributed by atoms with E-state index in [1.807, 2.05) is 44.1 Å². The van der Waals surface area contributed by atoms with Gasteiger partial charge < -0.3 is 20.3 Å². The van der Waals surface area contributed by atoms with E-state index in [4.69, 9.17) is 4.74 Å². The van der Waals surface area contributed by atoms with Crippen molar-refractivity contribution in [1.82, 2.24) is 15.6 Å². The van der Waals surface area contributed by atoms with Gasteiger partial charge in [0.25, 0.3) is 0 Å². The Bertz CT molecular complexity index is 675. The molecule has 2 N–H and O–H groups in total. The normalized spacial score (nSPS) is 10.8. The van der Waals surface area contributed by atoms with Crippen molar-refractivity contribution in [3.8, 4) is 5.75 Å². The molecule has 8 heteroatoms. The Morgan fingerprint density at radius 1 is 1.24 bits per heavy atom. The number of nitrogens with one attached hydrogen (secondary N) is 2. The molecule has 0 unspecified atom stereocenters. The van der Waals surface area contributed by atoms with Gasteiger partial charge in [0.1, 0.15) is 5.75 Å². The zero-order valence-corrected chi connectivity index (χ0v) is 18.2. The second-order valence-electron chi connectivity index (χ2n) is 5.34. The predicted molar refractivity (Wildman–Crippen MR) is 117 cm³/mol. The largest absolute Gasteiger partial charge is 0.494 e. The van der Waals surface area contributed by atoms with Crippen LogP contribution in [0.3, 0.4) is 0 Å². The molecule has 0 saturated carbocycles. The number of nitrogens with zero attached hydrogens (tertiary/aromatic N) is 3. The second-order valence-corrected chi connectivity index (χ2v) is 6.17. The zero-order chi connectivity index (χ0) is 17.4. The van der Waals surface area contributed by atoms with Crippen molar-refractivity contribution < 1.29 is 4.74 Å². The van der Waals surface area contributed by atoms with E-state index in [1.54, 1.807) is 18.4 Å². The van der Waals surface area contributed by atoms with E-state index < -0.39 is 0 Å². The van der Waals surface area contributed by atoms with Crippen LogP contribution in [-0.2, 0) is 13.1 Å². The number of halogens is 1. The molecule has 0 spiro atoms. The SMILES string of the molecule is CCOc1ccccc1CNC(=NC)NCc1csc(N(C)C)n1.I. The van der Waals surface area contributed by atoms with Crippen LogP contribution < -0.4 is 20.3 Å². The molecule has 2 rings (SSSR count). The lowest BCUT2D eigenvalue weighted by atomic mass is 10.2. The first-order chi connectivity index (χ1) is 11.6. The van der Waals surface area contributed by atoms with Crippen molar-refractivity contribution in [2.24, 2.45) is 4.99 Å². The summed E-state index contributed by atoms with van der Waals surface area (Å²) in [5, 5.41) is 9.65. The fraction of sp³-hybridized carbons (Fsp3) is 0.412. The number of benzene rings is 1. The van der Waals surface area contributed by atoms with Crippen LogP contribution in [0.1, 0.15) is 18.2 Å². The Morgan fingerprint density at radius 3 is 2.60 bits per heavy atom. The maximum atomic E-state index is 5.64. The van der Waals surface area contributed by atoms with E-state index >= 15 is 0 Å². The average Bonchev–Trinajstić information content (AvgIpc) is 3.06. The van der Waals surface area contributed by atoms with Gasteiger partial charge in [-0.25, -0.2) is 4.98 Å². The maximum absolute atomic E-state index is 5.64. The summed E-state index contributed by atoms with van der Waals surface area (Å²) in [5.74, 6) is 1.64. The third-order valence-corrected chi connectivity index (χ3v) is 4.36. The average molecular weight is 475 g/mol. The van der Waals surface area contributed by atoms with Gasteiger partial charge in [-0.15, -0.1) is 35.3 Å². The number of hydrogen-bond donors (Lipinski definition) is 2. The first-order valence-electron chi connectivity index (χ1n) is 7.91. The second kappa shape index (κ2) is 11.1. The molecule has 1 aromatic heterocycles. The van der Waals surface area contributed by atoms with Crippen molar-refractivity contribution in [2.75, 3.05) is 32.6 Å². The maximum Gasteiger partial charge on any atom is 0.191 e. The van der Waals surface area contributed by atoms with Crippen LogP contribution in [0.15, 0.2) is 34.6 Å². The lowest BCUT2D eigenvalue weighted by molar-refractivity contribution is 0.336. The molecular weight excluding hydrogens is 449 g/mol. The molecule has 1 aromatic carbocycles. The number of thiazole rings is 1. The zero-order valence-electron chi connectivity index (χ0n) is 15.1. The van der Waals surface area contributed by atoms with Crippen molar-refractivity contribution in [1.29, 1.82) is 0 Å². The van der Waals surface area contributed by atoms with Gasteiger partial charge in [0.15, 0.2) is 11.1 Å². The van der Waals surface area contributed by atoms with E-state index in [1.165, 1.54) is 0 Å². The summed E-state index contributed by atoms with van der Waals surface area (Å²) in [6.45, 7) is 3.93. The lowest BCUT2D eigenvalue weighted by Crippen LogP contribution is -2.36. The van der Waals surface area contributed by atoms with Crippen LogP contribution in [0, 0.1) is 0 Å². The Labute approximate surface area is 170 Å². The van der Waals surface area contributed by atoms with Gasteiger partial charge in [-0.1, -0.05) is 18.2 Å². The molecule has 0 saturated heterocycles. The summed E-state index contributed by atoms with van der Waals surface area (Å²) in [7, 11) is 5.74. The molecule has 25 heavy (non-hydrogen) atoms. The van der Waals surface area contributed by atoms with E-state index in [2.05, 4.69) is 32.1 Å². The predicted octanol–water partition coefficient (Wildman–Crippen LogP) is 3.09. The minimum absolute atomic E-state index is 0. The van der Waals surface area contributed by atoms with Crippen LogP contribution in [-0.4, -0.2) is 38.7 Å². The first kappa shape index (κ1) is 21.5. The van der Waals surface area contributed by atoms with E-state index in [0.29, 0.717) is 19.7 Å². The van der Waals surface area contributed by atoms with Crippen LogP contribution in [0.5, 0.6) is 5.75 Å². The quantitative estimate of drug-likeness (QED) is 0.366. The Hall–Kier alpha value is -1.55. The highest BCUT2D eigenvalue weighted by Crippen LogP contribution is 2.18. The molecule has 0 fully saturated rings. The van der Waals surface area contributed by atoms with Crippen molar-refractivity contribution >= 4 is 46.4 Å². The monoisotopic (exact) mass is 475 g/mol. The van der Waals surface area contributed by atoms with E-state index in [-0.39, 0.29) is 24.0 Å². The molecule has 0 radical (unpaired) electrons. The number of anilines is 1. The molecule has 1 heterocycles. The Balaban J connectivity index is 0.00000312. The molecule has 0 aliphatic heterocycles. The highest BCUT2D eigenvalue weighted by molar-refractivity contribution is 14.0. The van der Waals surface area contributed by atoms with Gasteiger partial charge in [0.2, 0.25) is 0 Å². The molecule has 0 aliphatic rings. The molecule has 0 aliphatic carbocycles. The minimum Gasteiger partial charge on any atom is -0.494 e. The third-order valence-electron chi connectivity index (χ3n) is 3.30. The van der Waals surface area contributed by atoms with E-state index in [0.717, 1.165) is 28.1 Å². The third kappa shape index (κ3) is 6.69. The fourth-order valence-electron chi connectivity index (χ4n) is 2.10. The fourth-order valence-corrected chi connectivity index (χ4v) is 2.86. The number of hydrogen-bond acceptors (Lipinski definition) is 5. The number of guanidine groups is 1. The van der Waals surface area contributed by atoms with Gasteiger partial charge in [-0.2, -0.15) is 0 Å². The minimum atomic E-state index is 0. The van der Waals surface area contributed by atoms with Crippen molar-refractivity contribution in [3.05, 3.63) is 40.9 Å². The highest BCUT2D eigenvalue weighted by atomic mass is 127. The number of para-hydroxylation sites is 1. The Morgan fingerprint density at radius 2 is 1.96 bits per heavy atom. The van der Waals surface area contributed by atoms with Crippen molar-refractivity contribution in [3.63, 3.8) is 0 Å². The number of aromatic nitrogens is 1. The topological polar surface area (TPSA) is 61.8 Å². The van der Waals surface area contributed by atoms with Gasteiger partial charge in [0.05, 0.1) is 18.8 Å². The summed E-state index contributed by atoms with van der Waals surface area (Å²) < 4.78 is 5.64. The Kier molecular flexibility index (Phi) is 9.58. The van der Waals surface area contributed by atoms with Crippen LogP contribution in [0.4, 0.5) is 5.13 Å². The molecule has 6 nitrogen and oxygen atoms in total. The molecule has 2 aromatic rings. The summed E-state index contributed by atoms with van der Waals surface area (Å²) in [4.78, 5) is 10.8. The molecule has 0 atom stereocenters. The summed E-state index contributed by atoms with van der Waals surface area (Å²) in [6.07, 6.45) is 0. The van der Waals surface area contributed by atoms with Crippen LogP contribution in [0.2, 0.25) is 0 Å². The molecular formula is C17H26IN5OS. The van der Waals surface area contributed by atoms with Crippen LogP contribution in [0.25, 0.3) is 0 Å². The first-order valence-corrected chi connectivity index (χ1v) is 8.79. The summed E-state index contributed by atoms with van der Waals surface area (Å²) >= 11 is 1.63. The molecule has 0 bridgehead atoms. The smallest absolute Gasteiger partial charge is 0.191 e. The van der Waals surface area contributed by atoms with Gasteiger partial charge in [-0.3, -0.25) is 4.99 Å². The highest BCUT2D eigenvalue weighted by Gasteiger charge is 2.06. The van der Waals surface area contributed by atoms with Gasteiger partial charge in [0, 0.05) is 38.6 Å². The number of aliphatic imine (C=N–C) groups is 1. The standard InChI is InChI=1S/C17H25N5OS.HI/c1-5-23-15-9-7-6-8-13(15)10-19-16(18-2)20-11-14-12-24-17(21-14)22(3)4;/h6-9,12H,5,10-11H2,1-4H3,(H2,18,19,20);1H.